The van der Waals surface area contributed by atoms with Crippen LogP contribution in [-0.4, -0.2) is 30.1 Å². The molecular weight excluding hydrogens is 256 g/mol. The fraction of sp³-hybridized carbons (Fsp3) is 0.684. The highest BCUT2D eigenvalue weighted by molar-refractivity contribution is 5.32. The maximum atomic E-state index is 3.76. The summed E-state index contributed by atoms with van der Waals surface area (Å²) >= 11 is 0. The van der Waals surface area contributed by atoms with Crippen LogP contribution in [0, 0.1) is 5.41 Å². The molecule has 1 aromatic carbocycles. The molecule has 116 valence electrons. The molecule has 3 atom stereocenters. The molecule has 0 spiro atoms. The summed E-state index contributed by atoms with van der Waals surface area (Å²) in [5, 5.41) is 3.76. The van der Waals surface area contributed by atoms with E-state index in [1.54, 1.807) is 11.1 Å². The molecule has 1 N–H and O–H groups in total. The van der Waals surface area contributed by atoms with Crippen LogP contribution < -0.4 is 5.32 Å². The quantitative estimate of drug-likeness (QED) is 0.845. The number of hydrogen-bond donors (Lipinski definition) is 1. The molecule has 2 nitrogen and oxygen atoms in total. The van der Waals surface area contributed by atoms with Crippen molar-refractivity contribution >= 4 is 0 Å². The first-order chi connectivity index (χ1) is 9.97. The molecule has 2 aliphatic rings. The minimum Gasteiger partial charge on any atom is -0.311 e. The Morgan fingerprint density at radius 2 is 1.95 bits per heavy atom. The average molecular weight is 286 g/mol. The smallest absolute Gasteiger partial charge is 0.0354 e. The summed E-state index contributed by atoms with van der Waals surface area (Å²) in [5.74, 6) is 0. The van der Waals surface area contributed by atoms with E-state index in [2.05, 4.69) is 62.2 Å². The zero-order valence-electron chi connectivity index (χ0n) is 14.0. The second-order valence-corrected chi connectivity index (χ2v) is 7.98. The van der Waals surface area contributed by atoms with Gasteiger partial charge in [-0.1, -0.05) is 45.0 Å². The molecule has 21 heavy (non-hydrogen) atoms. The summed E-state index contributed by atoms with van der Waals surface area (Å²) in [6.45, 7) is 11.7. The van der Waals surface area contributed by atoms with Gasteiger partial charge in [-0.25, -0.2) is 0 Å². The van der Waals surface area contributed by atoms with E-state index in [0.717, 1.165) is 6.54 Å². The van der Waals surface area contributed by atoms with Gasteiger partial charge >= 0.3 is 0 Å². The third-order valence-electron chi connectivity index (χ3n) is 5.40. The number of nitrogens with zero attached hydrogens (tertiary/aromatic N) is 1. The molecule has 1 heterocycles. The van der Waals surface area contributed by atoms with Gasteiger partial charge in [0.15, 0.2) is 0 Å². The van der Waals surface area contributed by atoms with Crippen LogP contribution >= 0.6 is 0 Å². The first kappa shape index (κ1) is 15.1. The molecule has 0 bridgehead atoms. The lowest BCUT2D eigenvalue weighted by atomic mass is 9.82. The van der Waals surface area contributed by atoms with Crippen LogP contribution in [0.5, 0.6) is 0 Å². The van der Waals surface area contributed by atoms with Gasteiger partial charge in [0.05, 0.1) is 0 Å². The van der Waals surface area contributed by atoms with Crippen LogP contribution in [0.3, 0.4) is 0 Å². The van der Waals surface area contributed by atoms with Crippen molar-refractivity contribution in [1.82, 2.24) is 10.2 Å². The molecule has 0 aromatic heterocycles. The number of aryl methyl sites for hydroxylation is 1. The highest BCUT2D eigenvalue weighted by atomic mass is 15.3. The monoisotopic (exact) mass is 286 g/mol. The first-order valence-electron chi connectivity index (χ1n) is 8.54. The van der Waals surface area contributed by atoms with Crippen molar-refractivity contribution in [3.63, 3.8) is 0 Å². The van der Waals surface area contributed by atoms with Gasteiger partial charge in [-0.05, 0) is 42.7 Å². The van der Waals surface area contributed by atoms with E-state index in [-0.39, 0.29) is 0 Å². The standard InChI is InChI=1S/C19H30N2/c1-14-12-20-18(19(2,3)4)13-21(14)17-11-7-9-15-8-5-6-10-16(15)17/h5-6,8,10,14,17-18,20H,7,9,11-13H2,1-4H3. The fourth-order valence-electron chi connectivity index (χ4n) is 3.97. The number of rotatable bonds is 1. The SMILES string of the molecule is CC1CNC(C(C)(C)C)CN1C1CCCc2ccccc21. The highest BCUT2D eigenvalue weighted by Gasteiger charge is 2.37. The van der Waals surface area contributed by atoms with E-state index in [4.69, 9.17) is 0 Å². The Hall–Kier alpha value is -0.860. The topological polar surface area (TPSA) is 15.3 Å². The first-order valence-corrected chi connectivity index (χ1v) is 8.54. The summed E-state index contributed by atoms with van der Waals surface area (Å²) < 4.78 is 0. The third kappa shape index (κ3) is 3.02. The summed E-state index contributed by atoms with van der Waals surface area (Å²) in [5.41, 5.74) is 3.49. The summed E-state index contributed by atoms with van der Waals surface area (Å²) in [4.78, 5) is 2.77. The lowest BCUT2D eigenvalue weighted by Crippen LogP contribution is -2.60. The van der Waals surface area contributed by atoms with Gasteiger partial charge in [0.1, 0.15) is 0 Å². The minimum atomic E-state index is 0.326. The van der Waals surface area contributed by atoms with Gasteiger partial charge in [0.2, 0.25) is 0 Å². The molecule has 1 aromatic rings. The number of piperazine rings is 1. The van der Waals surface area contributed by atoms with E-state index in [1.165, 1.54) is 25.8 Å². The number of benzene rings is 1. The fourth-order valence-corrected chi connectivity index (χ4v) is 3.97. The van der Waals surface area contributed by atoms with Gasteiger partial charge in [0.25, 0.3) is 0 Å². The second kappa shape index (κ2) is 5.73. The zero-order chi connectivity index (χ0) is 15.0. The molecule has 0 amide bonds. The van der Waals surface area contributed by atoms with Crippen molar-refractivity contribution < 1.29 is 0 Å². The molecule has 3 unspecified atom stereocenters. The predicted molar refractivity (Wildman–Crippen MR) is 89.5 cm³/mol. The van der Waals surface area contributed by atoms with E-state index in [9.17, 15) is 0 Å². The van der Waals surface area contributed by atoms with Gasteiger partial charge in [0, 0.05) is 31.2 Å². The number of hydrogen-bond acceptors (Lipinski definition) is 2. The number of fused-ring (bicyclic) bond motifs is 1. The van der Waals surface area contributed by atoms with Crippen molar-refractivity contribution in [2.75, 3.05) is 13.1 Å². The lowest BCUT2D eigenvalue weighted by Gasteiger charge is -2.48. The molecule has 0 saturated carbocycles. The van der Waals surface area contributed by atoms with Crippen LogP contribution in [0.25, 0.3) is 0 Å². The number of nitrogens with one attached hydrogen (secondary N) is 1. The normalized spacial score (nSPS) is 31.0. The Morgan fingerprint density at radius 3 is 2.71 bits per heavy atom. The molecule has 1 saturated heterocycles. The van der Waals surface area contributed by atoms with Crippen LogP contribution in [0.1, 0.15) is 57.7 Å². The Labute approximate surface area is 129 Å². The second-order valence-electron chi connectivity index (χ2n) is 7.98. The Morgan fingerprint density at radius 1 is 1.19 bits per heavy atom. The van der Waals surface area contributed by atoms with Crippen molar-refractivity contribution in [2.45, 2.75) is 65.1 Å². The highest BCUT2D eigenvalue weighted by Crippen LogP contribution is 2.37. The molecule has 2 heteroatoms. The van der Waals surface area contributed by atoms with Crippen molar-refractivity contribution in [3.05, 3.63) is 35.4 Å². The van der Waals surface area contributed by atoms with Gasteiger partial charge < -0.3 is 5.32 Å². The lowest BCUT2D eigenvalue weighted by molar-refractivity contribution is 0.0497. The van der Waals surface area contributed by atoms with Crippen LogP contribution in [0.15, 0.2) is 24.3 Å². The summed E-state index contributed by atoms with van der Waals surface area (Å²) in [7, 11) is 0. The van der Waals surface area contributed by atoms with Gasteiger partial charge in [-0.3, -0.25) is 4.90 Å². The molecular formula is C19H30N2. The Bertz CT molecular complexity index is 489. The van der Waals surface area contributed by atoms with Gasteiger partial charge in [-0.15, -0.1) is 0 Å². The minimum absolute atomic E-state index is 0.326. The van der Waals surface area contributed by atoms with E-state index in [1.807, 2.05) is 0 Å². The molecule has 1 aliphatic heterocycles. The van der Waals surface area contributed by atoms with Crippen LogP contribution in [-0.2, 0) is 6.42 Å². The van der Waals surface area contributed by atoms with Crippen molar-refractivity contribution in [1.29, 1.82) is 0 Å². The van der Waals surface area contributed by atoms with Crippen LogP contribution in [0.4, 0.5) is 0 Å². The maximum Gasteiger partial charge on any atom is 0.0354 e. The zero-order valence-corrected chi connectivity index (χ0v) is 14.0. The summed E-state index contributed by atoms with van der Waals surface area (Å²) in [6.07, 6.45) is 3.91. The Kier molecular flexibility index (Phi) is 4.11. The molecule has 1 aliphatic carbocycles. The van der Waals surface area contributed by atoms with E-state index >= 15 is 0 Å². The molecule has 1 fully saturated rings. The molecule has 3 rings (SSSR count). The third-order valence-corrected chi connectivity index (χ3v) is 5.40. The summed E-state index contributed by atoms with van der Waals surface area (Å²) in [6, 6.07) is 10.9. The average Bonchev–Trinajstić information content (AvgIpc) is 2.46. The maximum absolute atomic E-state index is 3.76. The molecule has 0 radical (unpaired) electrons. The van der Waals surface area contributed by atoms with Crippen LogP contribution in [0.2, 0.25) is 0 Å². The largest absolute Gasteiger partial charge is 0.311 e. The predicted octanol–water partition coefficient (Wildman–Crippen LogP) is 3.77. The van der Waals surface area contributed by atoms with E-state index < -0.39 is 0 Å². The van der Waals surface area contributed by atoms with Crippen molar-refractivity contribution in [2.24, 2.45) is 5.41 Å². The van der Waals surface area contributed by atoms with E-state index in [0.29, 0.717) is 23.5 Å². The van der Waals surface area contributed by atoms with Gasteiger partial charge in [-0.2, -0.15) is 0 Å². The Balaban J connectivity index is 1.85. The van der Waals surface area contributed by atoms with Crippen molar-refractivity contribution in [3.8, 4) is 0 Å².